The second-order valence-corrected chi connectivity index (χ2v) is 9.03. The summed E-state index contributed by atoms with van der Waals surface area (Å²) in [6, 6.07) is 15.7. The van der Waals surface area contributed by atoms with E-state index < -0.39 is 6.10 Å². The fourth-order valence-corrected chi connectivity index (χ4v) is 5.35. The molecule has 0 unspecified atom stereocenters. The Hall–Kier alpha value is -2.50. The fraction of sp³-hybridized carbons (Fsp3) is 0.462. The topological polar surface area (TPSA) is 68.7 Å². The van der Waals surface area contributed by atoms with E-state index in [4.69, 9.17) is 4.74 Å². The van der Waals surface area contributed by atoms with Gasteiger partial charge in [0.1, 0.15) is 24.2 Å². The number of phenolic OH excluding ortho intramolecular Hbond substituents is 1. The van der Waals surface area contributed by atoms with E-state index in [0.29, 0.717) is 18.2 Å². The summed E-state index contributed by atoms with van der Waals surface area (Å²) in [6.45, 7) is 7.29. The molecule has 4 rings (SSSR count). The highest BCUT2D eigenvalue weighted by Gasteiger charge is 2.41. The maximum Gasteiger partial charge on any atom is 0.128 e. The molecular formula is C26H34N2O3. The summed E-state index contributed by atoms with van der Waals surface area (Å²) in [5.74, 6) is 1.58. The molecule has 1 saturated heterocycles. The van der Waals surface area contributed by atoms with Crippen molar-refractivity contribution in [3.05, 3.63) is 60.3 Å². The molecule has 31 heavy (non-hydrogen) atoms. The smallest absolute Gasteiger partial charge is 0.128 e. The average molecular weight is 423 g/mol. The molecule has 0 amide bonds. The van der Waals surface area contributed by atoms with Gasteiger partial charge in [0.25, 0.3) is 0 Å². The first-order chi connectivity index (χ1) is 15.0. The number of aromatic amines is 1. The minimum atomic E-state index is -0.541. The number of piperidine rings is 1. The van der Waals surface area contributed by atoms with Crippen LogP contribution in [0.4, 0.5) is 0 Å². The molecule has 1 aliphatic heterocycles. The van der Waals surface area contributed by atoms with Crippen LogP contribution < -0.4 is 4.74 Å². The van der Waals surface area contributed by atoms with Gasteiger partial charge in [-0.1, -0.05) is 38.5 Å². The number of nitrogens with zero attached hydrogens (tertiary/aromatic N) is 1. The minimum absolute atomic E-state index is 0.0787. The number of aromatic nitrogens is 1. The molecular weight excluding hydrogens is 388 g/mol. The Morgan fingerprint density at radius 2 is 2.06 bits per heavy atom. The van der Waals surface area contributed by atoms with Crippen LogP contribution in [0.25, 0.3) is 10.9 Å². The lowest BCUT2D eigenvalue weighted by molar-refractivity contribution is 0.0302. The molecule has 5 nitrogen and oxygen atoms in total. The van der Waals surface area contributed by atoms with Crippen molar-refractivity contribution >= 4 is 10.9 Å². The van der Waals surface area contributed by atoms with Gasteiger partial charge in [-0.15, -0.1) is 0 Å². The van der Waals surface area contributed by atoms with Crippen molar-refractivity contribution in [3.63, 3.8) is 0 Å². The number of aromatic hydroxyl groups is 1. The van der Waals surface area contributed by atoms with E-state index in [1.165, 1.54) is 5.56 Å². The molecule has 3 N–H and O–H groups in total. The summed E-state index contributed by atoms with van der Waals surface area (Å²) in [6.07, 6.45) is 4.61. The lowest BCUT2D eigenvalue weighted by Crippen LogP contribution is -2.51. The average Bonchev–Trinajstić information content (AvgIpc) is 3.24. The van der Waals surface area contributed by atoms with Gasteiger partial charge in [-0.25, -0.2) is 0 Å². The fourth-order valence-electron chi connectivity index (χ4n) is 5.35. The molecule has 1 aliphatic rings. The molecule has 5 heteroatoms. The van der Waals surface area contributed by atoms with Crippen LogP contribution >= 0.6 is 0 Å². The number of β-amino-alcohol motifs (C(OH)–C–C–N with tert-alkyl or cyclic N) is 1. The third-order valence-electron chi connectivity index (χ3n) is 6.92. The van der Waals surface area contributed by atoms with Crippen LogP contribution in [-0.4, -0.2) is 52.4 Å². The van der Waals surface area contributed by atoms with Crippen molar-refractivity contribution in [3.8, 4) is 11.5 Å². The third kappa shape index (κ3) is 4.58. The Balaban J connectivity index is 1.37. The van der Waals surface area contributed by atoms with E-state index in [9.17, 15) is 10.2 Å². The maximum absolute atomic E-state index is 10.7. The second kappa shape index (κ2) is 9.33. The van der Waals surface area contributed by atoms with Gasteiger partial charge in [-0.2, -0.15) is 0 Å². The molecule has 0 radical (unpaired) electrons. The molecule has 0 aliphatic carbocycles. The van der Waals surface area contributed by atoms with Crippen LogP contribution in [0.1, 0.15) is 38.7 Å². The van der Waals surface area contributed by atoms with E-state index in [-0.39, 0.29) is 12.0 Å². The van der Waals surface area contributed by atoms with E-state index in [1.54, 1.807) is 6.07 Å². The SMILES string of the molecule is CCC[C@]1(c2cccc(O)c2)CCN(C[C@H](O)COc2cccc3[nH]ccc23)C[C@H]1C. The van der Waals surface area contributed by atoms with Crippen LogP contribution in [-0.2, 0) is 5.41 Å². The van der Waals surface area contributed by atoms with Gasteiger partial charge in [0.05, 0.1) is 0 Å². The lowest BCUT2D eigenvalue weighted by atomic mass is 9.64. The third-order valence-corrected chi connectivity index (χ3v) is 6.92. The van der Waals surface area contributed by atoms with Crippen LogP contribution in [0.15, 0.2) is 54.7 Å². The molecule has 2 aromatic carbocycles. The number of phenols is 1. The van der Waals surface area contributed by atoms with Gasteiger partial charge < -0.3 is 24.8 Å². The van der Waals surface area contributed by atoms with Gasteiger partial charge in [-0.3, -0.25) is 0 Å². The summed E-state index contributed by atoms with van der Waals surface area (Å²) in [5.41, 5.74) is 2.36. The Morgan fingerprint density at radius 1 is 1.23 bits per heavy atom. The Morgan fingerprint density at radius 3 is 2.84 bits per heavy atom. The number of aliphatic hydroxyl groups is 1. The van der Waals surface area contributed by atoms with E-state index in [0.717, 1.165) is 49.0 Å². The maximum atomic E-state index is 10.7. The Bertz CT molecular complexity index is 1000. The van der Waals surface area contributed by atoms with E-state index in [1.807, 2.05) is 42.6 Å². The number of rotatable bonds is 8. The lowest BCUT2D eigenvalue weighted by Gasteiger charge is -2.48. The number of fused-ring (bicyclic) bond motifs is 1. The van der Waals surface area contributed by atoms with Gasteiger partial charge in [-0.05, 0) is 61.2 Å². The van der Waals surface area contributed by atoms with Crippen molar-refractivity contribution in [2.24, 2.45) is 5.92 Å². The predicted molar refractivity (Wildman–Crippen MR) is 125 cm³/mol. The van der Waals surface area contributed by atoms with Crippen LogP contribution in [0.3, 0.4) is 0 Å². The molecule has 166 valence electrons. The zero-order valence-electron chi connectivity index (χ0n) is 18.6. The Kier molecular flexibility index (Phi) is 6.54. The summed E-state index contributed by atoms with van der Waals surface area (Å²) in [4.78, 5) is 5.54. The summed E-state index contributed by atoms with van der Waals surface area (Å²) < 4.78 is 5.95. The van der Waals surface area contributed by atoms with Crippen molar-refractivity contribution in [1.82, 2.24) is 9.88 Å². The molecule has 0 spiro atoms. The minimum Gasteiger partial charge on any atom is -0.508 e. The number of benzene rings is 2. The highest BCUT2D eigenvalue weighted by Crippen LogP contribution is 2.44. The first-order valence-electron chi connectivity index (χ1n) is 11.4. The molecule has 0 bridgehead atoms. The summed E-state index contributed by atoms with van der Waals surface area (Å²) in [5, 5.41) is 21.7. The van der Waals surface area contributed by atoms with Crippen LogP contribution in [0, 0.1) is 5.92 Å². The van der Waals surface area contributed by atoms with Crippen LogP contribution in [0.2, 0.25) is 0 Å². The number of H-pyrrole nitrogens is 1. The number of hydrogen-bond donors (Lipinski definition) is 3. The molecule has 2 heterocycles. The standard InChI is InChI=1S/C26H34N2O3/c1-3-11-26(20-6-4-7-21(29)15-20)12-14-28(16-19(26)2)17-22(30)18-31-25-9-5-8-24-23(25)10-13-27-24/h4-10,13,15,19,22,27,29-30H,3,11-12,14,16-18H2,1-2H3/t19-,22+,26+/m1/s1. The van der Waals surface area contributed by atoms with E-state index in [2.05, 4.69) is 29.8 Å². The zero-order valence-corrected chi connectivity index (χ0v) is 18.6. The molecule has 1 aromatic heterocycles. The van der Waals surface area contributed by atoms with Crippen molar-refractivity contribution in [2.75, 3.05) is 26.2 Å². The van der Waals surface area contributed by atoms with Crippen LogP contribution in [0.5, 0.6) is 11.5 Å². The van der Waals surface area contributed by atoms with Gasteiger partial charge >= 0.3 is 0 Å². The van der Waals surface area contributed by atoms with Crippen molar-refractivity contribution in [2.45, 2.75) is 44.6 Å². The van der Waals surface area contributed by atoms with Crippen molar-refractivity contribution < 1.29 is 14.9 Å². The highest BCUT2D eigenvalue weighted by atomic mass is 16.5. The molecule has 1 fully saturated rings. The largest absolute Gasteiger partial charge is 0.508 e. The van der Waals surface area contributed by atoms with Crippen molar-refractivity contribution in [1.29, 1.82) is 0 Å². The number of likely N-dealkylation sites (tertiary alicyclic amines) is 1. The van der Waals surface area contributed by atoms with Gasteiger partial charge in [0, 0.05) is 35.6 Å². The number of nitrogens with one attached hydrogen (secondary N) is 1. The zero-order chi connectivity index (χ0) is 21.8. The first kappa shape index (κ1) is 21.7. The van der Waals surface area contributed by atoms with Gasteiger partial charge in [0.2, 0.25) is 0 Å². The van der Waals surface area contributed by atoms with E-state index >= 15 is 0 Å². The normalized spacial score (nSPS) is 23.1. The second-order valence-electron chi connectivity index (χ2n) is 9.03. The summed E-state index contributed by atoms with van der Waals surface area (Å²) in [7, 11) is 0. The quantitative estimate of drug-likeness (QED) is 0.492. The number of aliphatic hydroxyl groups excluding tert-OH is 1. The molecule has 0 saturated carbocycles. The number of ether oxygens (including phenoxy) is 1. The molecule has 3 aromatic rings. The van der Waals surface area contributed by atoms with Gasteiger partial charge in [0.15, 0.2) is 0 Å². The number of hydrogen-bond acceptors (Lipinski definition) is 4. The highest BCUT2D eigenvalue weighted by molar-refractivity contribution is 5.85. The first-order valence-corrected chi connectivity index (χ1v) is 11.4. The summed E-state index contributed by atoms with van der Waals surface area (Å²) >= 11 is 0. The Labute approximate surface area is 184 Å². The molecule has 3 atom stereocenters. The predicted octanol–water partition coefficient (Wildman–Crippen LogP) is 4.69. The monoisotopic (exact) mass is 422 g/mol.